The molecule has 1 heterocycles. The standard InChI is InChI=1S/C10H6BrF2NO/c11-4-9-10(15-5-14-9)6-1-2-7(12)8(13)3-6/h1-3,5H,4H2. The molecule has 0 N–H and O–H groups in total. The maximum Gasteiger partial charge on any atom is 0.181 e. The van der Waals surface area contributed by atoms with Crippen LogP contribution < -0.4 is 0 Å². The van der Waals surface area contributed by atoms with Gasteiger partial charge in [-0.3, -0.25) is 0 Å². The molecule has 0 saturated carbocycles. The van der Waals surface area contributed by atoms with E-state index in [4.69, 9.17) is 4.42 Å². The second-order valence-electron chi connectivity index (χ2n) is 2.89. The Balaban J connectivity index is 2.50. The van der Waals surface area contributed by atoms with Gasteiger partial charge in [0, 0.05) is 10.9 Å². The molecule has 0 aliphatic rings. The van der Waals surface area contributed by atoms with E-state index in [-0.39, 0.29) is 0 Å². The third-order valence-electron chi connectivity index (χ3n) is 1.95. The van der Waals surface area contributed by atoms with E-state index in [1.807, 2.05) is 0 Å². The van der Waals surface area contributed by atoms with Gasteiger partial charge >= 0.3 is 0 Å². The van der Waals surface area contributed by atoms with Gasteiger partial charge in [0.05, 0.1) is 5.69 Å². The highest BCUT2D eigenvalue weighted by molar-refractivity contribution is 9.08. The zero-order valence-electron chi connectivity index (χ0n) is 7.51. The first kappa shape index (κ1) is 10.3. The smallest absolute Gasteiger partial charge is 0.181 e. The summed E-state index contributed by atoms with van der Waals surface area (Å²) in [4.78, 5) is 3.93. The van der Waals surface area contributed by atoms with Gasteiger partial charge in [-0.2, -0.15) is 0 Å². The second kappa shape index (κ2) is 4.10. The van der Waals surface area contributed by atoms with Crippen LogP contribution in [0.3, 0.4) is 0 Å². The lowest BCUT2D eigenvalue weighted by molar-refractivity contribution is 0.507. The van der Waals surface area contributed by atoms with Crippen molar-refractivity contribution in [3.05, 3.63) is 41.9 Å². The second-order valence-corrected chi connectivity index (χ2v) is 3.45. The molecule has 15 heavy (non-hydrogen) atoms. The number of benzene rings is 1. The summed E-state index contributed by atoms with van der Waals surface area (Å²) in [7, 11) is 0. The Hall–Kier alpha value is -1.23. The van der Waals surface area contributed by atoms with E-state index in [1.165, 1.54) is 12.5 Å². The molecule has 0 amide bonds. The van der Waals surface area contributed by atoms with Crippen molar-refractivity contribution in [2.24, 2.45) is 0 Å². The van der Waals surface area contributed by atoms with Crippen LogP contribution in [-0.4, -0.2) is 4.98 Å². The average Bonchev–Trinajstić information content (AvgIpc) is 2.70. The molecule has 0 radical (unpaired) electrons. The molecule has 0 fully saturated rings. The first-order valence-corrected chi connectivity index (χ1v) is 5.28. The van der Waals surface area contributed by atoms with Gasteiger partial charge in [0.25, 0.3) is 0 Å². The fourth-order valence-corrected chi connectivity index (χ4v) is 1.64. The van der Waals surface area contributed by atoms with E-state index in [9.17, 15) is 8.78 Å². The molecule has 0 atom stereocenters. The molecule has 2 nitrogen and oxygen atoms in total. The van der Waals surface area contributed by atoms with Crippen molar-refractivity contribution in [3.63, 3.8) is 0 Å². The van der Waals surface area contributed by atoms with Crippen molar-refractivity contribution in [3.8, 4) is 11.3 Å². The Bertz CT molecular complexity index is 484. The molecule has 0 saturated heterocycles. The maximum absolute atomic E-state index is 13.0. The number of hydrogen-bond acceptors (Lipinski definition) is 2. The summed E-state index contributed by atoms with van der Waals surface area (Å²) >= 11 is 3.23. The third kappa shape index (κ3) is 1.92. The quantitative estimate of drug-likeness (QED) is 0.783. The molecule has 78 valence electrons. The van der Waals surface area contributed by atoms with Gasteiger partial charge in [0.1, 0.15) is 0 Å². The van der Waals surface area contributed by atoms with Crippen LogP contribution in [0.25, 0.3) is 11.3 Å². The van der Waals surface area contributed by atoms with Crippen molar-refractivity contribution in [1.29, 1.82) is 0 Å². The van der Waals surface area contributed by atoms with E-state index in [2.05, 4.69) is 20.9 Å². The minimum absolute atomic E-state index is 0.450. The number of oxazole rings is 1. The Morgan fingerprint density at radius 1 is 1.27 bits per heavy atom. The number of alkyl halides is 1. The van der Waals surface area contributed by atoms with Crippen LogP contribution in [-0.2, 0) is 5.33 Å². The van der Waals surface area contributed by atoms with E-state index in [1.54, 1.807) is 0 Å². The summed E-state index contributed by atoms with van der Waals surface area (Å²) < 4.78 is 30.8. The average molecular weight is 274 g/mol. The topological polar surface area (TPSA) is 26.0 Å². The fourth-order valence-electron chi connectivity index (χ4n) is 1.24. The molecule has 0 aliphatic carbocycles. The van der Waals surface area contributed by atoms with Gasteiger partial charge in [-0.1, -0.05) is 15.9 Å². The minimum Gasteiger partial charge on any atom is -0.443 e. The highest BCUT2D eigenvalue weighted by Gasteiger charge is 2.11. The lowest BCUT2D eigenvalue weighted by atomic mass is 10.1. The molecule has 1 aromatic carbocycles. The first-order chi connectivity index (χ1) is 7.22. The van der Waals surface area contributed by atoms with Gasteiger partial charge in [-0.25, -0.2) is 13.8 Å². The Morgan fingerprint density at radius 2 is 2.07 bits per heavy atom. The zero-order valence-corrected chi connectivity index (χ0v) is 9.09. The predicted molar refractivity (Wildman–Crippen MR) is 54.5 cm³/mol. The van der Waals surface area contributed by atoms with Crippen molar-refractivity contribution in [1.82, 2.24) is 4.98 Å². The summed E-state index contributed by atoms with van der Waals surface area (Å²) in [6.45, 7) is 0. The Kier molecular flexibility index (Phi) is 2.81. The number of aromatic nitrogens is 1. The van der Waals surface area contributed by atoms with Crippen molar-refractivity contribution >= 4 is 15.9 Å². The van der Waals surface area contributed by atoms with Crippen LogP contribution in [0.1, 0.15) is 5.69 Å². The van der Waals surface area contributed by atoms with Crippen LogP contribution >= 0.6 is 15.9 Å². The van der Waals surface area contributed by atoms with Crippen molar-refractivity contribution < 1.29 is 13.2 Å². The zero-order chi connectivity index (χ0) is 10.8. The highest BCUT2D eigenvalue weighted by Crippen LogP contribution is 2.25. The minimum atomic E-state index is -0.899. The third-order valence-corrected chi connectivity index (χ3v) is 2.48. The molecular formula is C10H6BrF2NO. The summed E-state index contributed by atoms with van der Waals surface area (Å²) in [5.74, 6) is -1.33. The largest absolute Gasteiger partial charge is 0.443 e. The summed E-state index contributed by atoms with van der Waals surface area (Å²) in [5, 5.41) is 0.498. The van der Waals surface area contributed by atoms with Crippen LogP contribution in [0.2, 0.25) is 0 Å². The van der Waals surface area contributed by atoms with Gasteiger partial charge in [-0.15, -0.1) is 0 Å². The van der Waals surface area contributed by atoms with Gasteiger partial charge in [-0.05, 0) is 18.2 Å². The van der Waals surface area contributed by atoms with Crippen molar-refractivity contribution in [2.75, 3.05) is 0 Å². The summed E-state index contributed by atoms with van der Waals surface area (Å²) in [6, 6.07) is 3.60. The van der Waals surface area contributed by atoms with Gasteiger partial charge < -0.3 is 4.42 Å². The molecule has 0 aliphatic heterocycles. The normalized spacial score (nSPS) is 10.6. The Morgan fingerprint density at radius 3 is 2.73 bits per heavy atom. The summed E-state index contributed by atoms with van der Waals surface area (Å²) in [6.07, 6.45) is 1.27. The lowest BCUT2D eigenvalue weighted by Crippen LogP contribution is -1.87. The maximum atomic E-state index is 13.0. The Labute approximate surface area is 93.1 Å². The summed E-state index contributed by atoms with van der Waals surface area (Å²) in [5.41, 5.74) is 1.13. The van der Waals surface area contributed by atoms with E-state index < -0.39 is 11.6 Å². The van der Waals surface area contributed by atoms with Gasteiger partial charge in [0.2, 0.25) is 0 Å². The molecule has 2 rings (SSSR count). The highest BCUT2D eigenvalue weighted by atomic mass is 79.9. The molecule has 2 aromatic rings. The van der Waals surface area contributed by atoms with E-state index >= 15 is 0 Å². The molecule has 0 unspecified atom stereocenters. The van der Waals surface area contributed by atoms with Gasteiger partial charge in [0.15, 0.2) is 23.8 Å². The van der Waals surface area contributed by atoms with Crippen molar-refractivity contribution in [2.45, 2.75) is 5.33 Å². The van der Waals surface area contributed by atoms with Crippen LogP contribution in [0.15, 0.2) is 29.0 Å². The molecule has 0 spiro atoms. The first-order valence-electron chi connectivity index (χ1n) is 4.16. The SMILES string of the molecule is Fc1ccc(-c2ocnc2CBr)cc1F. The number of hydrogen-bond donors (Lipinski definition) is 0. The lowest BCUT2D eigenvalue weighted by Gasteiger charge is -1.99. The van der Waals surface area contributed by atoms with Crippen LogP contribution in [0.4, 0.5) is 8.78 Å². The number of rotatable bonds is 2. The fraction of sp³-hybridized carbons (Fsp3) is 0.100. The molecular weight excluding hydrogens is 268 g/mol. The van der Waals surface area contributed by atoms with Crippen LogP contribution in [0.5, 0.6) is 0 Å². The monoisotopic (exact) mass is 273 g/mol. The van der Waals surface area contributed by atoms with E-state index in [0.717, 1.165) is 12.1 Å². The molecule has 5 heteroatoms. The number of halogens is 3. The van der Waals surface area contributed by atoms with E-state index in [0.29, 0.717) is 22.3 Å². The molecule has 0 bridgehead atoms. The number of nitrogens with zero attached hydrogens (tertiary/aromatic N) is 1. The molecule has 1 aromatic heterocycles. The predicted octanol–water partition coefficient (Wildman–Crippen LogP) is 3.51. The van der Waals surface area contributed by atoms with Crippen LogP contribution in [0, 0.1) is 11.6 Å².